The van der Waals surface area contributed by atoms with Crippen LogP contribution in [0.3, 0.4) is 0 Å². The summed E-state index contributed by atoms with van der Waals surface area (Å²) < 4.78 is 39.2. The highest BCUT2D eigenvalue weighted by Gasteiger charge is 2.47. The van der Waals surface area contributed by atoms with Gasteiger partial charge in [0, 0.05) is 12.1 Å². The number of fused-ring (bicyclic) bond motifs is 2. The number of hydrogen-bond donors (Lipinski definition) is 1. The molecule has 0 saturated carbocycles. The molecule has 5 heteroatoms. The molecular weight excluding hydrogens is 279 g/mol. The van der Waals surface area contributed by atoms with Crippen molar-refractivity contribution < 1.29 is 18.3 Å². The van der Waals surface area contributed by atoms with Gasteiger partial charge < -0.3 is 10.0 Å². The maximum Gasteiger partial charge on any atom is 0.416 e. The summed E-state index contributed by atoms with van der Waals surface area (Å²) in [5, 5.41) is 10.9. The van der Waals surface area contributed by atoms with E-state index in [1.165, 1.54) is 13.0 Å². The van der Waals surface area contributed by atoms with Crippen LogP contribution >= 0.6 is 0 Å². The van der Waals surface area contributed by atoms with E-state index in [0.717, 1.165) is 18.9 Å². The molecule has 2 aliphatic heterocycles. The zero-order valence-electron chi connectivity index (χ0n) is 12.2. The van der Waals surface area contributed by atoms with E-state index >= 15 is 0 Å². The summed E-state index contributed by atoms with van der Waals surface area (Å²) in [4.78, 5) is 2.26. The Morgan fingerprint density at radius 3 is 2.29 bits per heavy atom. The molecule has 0 aromatic heterocycles. The highest BCUT2D eigenvalue weighted by atomic mass is 19.4. The van der Waals surface area contributed by atoms with Crippen LogP contribution in [0.4, 0.5) is 13.2 Å². The molecule has 0 spiro atoms. The van der Waals surface area contributed by atoms with Crippen molar-refractivity contribution in [2.45, 2.75) is 56.5 Å². The first kappa shape index (κ1) is 14.9. The third-order valence-corrected chi connectivity index (χ3v) is 5.21. The first-order valence-corrected chi connectivity index (χ1v) is 7.33. The molecule has 2 heterocycles. The van der Waals surface area contributed by atoms with Gasteiger partial charge in [0.25, 0.3) is 0 Å². The Morgan fingerprint density at radius 2 is 1.76 bits per heavy atom. The van der Waals surface area contributed by atoms with E-state index in [0.29, 0.717) is 18.4 Å². The molecule has 2 saturated heterocycles. The van der Waals surface area contributed by atoms with Crippen LogP contribution in [0.1, 0.15) is 42.4 Å². The fraction of sp³-hybridized carbons (Fsp3) is 0.625. The molecule has 21 heavy (non-hydrogen) atoms. The minimum Gasteiger partial charge on any atom is -0.385 e. The van der Waals surface area contributed by atoms with Crippen molar-refractivity contribution in [3.63, 3.8) is 0 Å². The standard InChI is InChI=1S/C16H20F3NO/c1-10-3-4-11(7-14(10)16(17,18)19)15(21)8-12-5-6-13(9-15)20(12)2/h3-4,7,12-13,21H,5-6,8-9H2,1-2H3. The fourth-order valence-corrected chi connectivity index (χ4v) is 3.90. The second kappa shape index (κ2) is 4.71. The van der Waals surface area contributed by atoms with E-state index in [4.69, 9.17) is 0 Å². The maximum absolute atomic E-state index is 13.1. The summed E-state index contributed by atoms with van der Waals surface area (Å²) >= 11 is 0. The second-order valence-electron chi connectivity index (χ2n) is 6.52. The van der Waals surface area contributed by atoms with Gasteiger partial charge in [-0.1, -0.05) is 12.1 Å². The van der Waals surface area contributed by atoms with Crippen molar-refractivity contribution in [1.29, 1.82) is 0 Å². The van der Waals surface area contributed by atoms with Crippen LogP contribution in [0, 0.1) is 6.92 Å². The number of rotatable bonds is 1. The third kappa shape index (κ3) is 2.46. The summed E-state index contributed by atoms with van der Waals surface area (Å²) in [7, 11) is 2.04. The van der Waals surface area contributed by atoms with Crippen molar-refractivity contribution >= 4 is 0 Å². The van der Waals surface area contributed by atoms with E-state index < -0.39 is 17.3 Å². The molecule has 116 valence electrons. The van der Waals surface area contributed by atoms with E-state index in [1.807, 2.05) is 7.05 Å². The van der Waals surface area contributed by atoms with E-state index in [-0.39, 0.29) is 17.6 Å². The number of hydrogen-bond acceptors (Lipinski definition) is 2. The molecule has 3 rings (SSSR count). The normalized spacial score (nSPS) is 33.4. The predicted molar refractivity (Wildman–Crippen MR) is 73.9 cm³/mol. The van der Waals surface area contributed by atoms with Crippen LogP contribution in [0.15, 0.2) is 18.2 Å². The van der Waals surface area contributed by atoms with Crippen LogP contribution in [0.2, 0.25) is 0 Å². The van der Waals surface area contributed by atoms with Crippen molar-refractivity contribution in [2.24, 2.45) is 0 Å². The van der Waals surface area contributed by atoms with Gasteiger partial charge in [-0.05, 0) is 56.8 Å². The quantitative estimate of drug-likeness (QED) is 0.858. The SMILES string of the molecule is Cc1ccc(C2(O)CC3CCC(C2)N3C)cc1C(F)(F)F. The van der Waals surface area contributed by atoms with Crippen molar-refractivity contribution in [3.05, 3.63) is 34.9 Å². The van der Waals surface area contributed by atoms with Gasteiger partial charge >= 0.3 is 6.18 Å². The van der Waals surface area contributed by atoms with Crippen LogP contribution in [0.5, 0.6) is 0 Å². The molecule has 2 nitrogen and oxygen atoms in total. The summed E-state index contributed by atoms with van der Waals surface area (Å²) in [6.45, 7) is 1.45. The Bertz CT molecular complexity index is 541. The zero-order chi connectivity index (χ0) is 15.4. The molecule has 1 aromatic carbocycles. The van der Waals surface area contributed by atoms with Gasteiger partial charge in [-0.2, -0.15) is 13.2 Å². The Hall–Kier alpha value is -1.07. The summed E-state index contributed by atoms with van der Waals surface area (Å²) in [5.41, 5.74) is -1.16. The Labute approximate surface area is 122 Å². The van der Waals surface area contributed by atoms with Gasteiger partial charge in [-0.15, -0.1) is 0 Å². The number of benzene rings is 1. The van der Waals surface area contributed by atoms with Gasteiger partial charge in [0.15, 0.2) is 0 Å². The van der Waals surface area contributed by atoms with Gasteiger partial charge in [0.05, 0.1) is 11.2 Å². The predicted octanol–water partition coefficient (Wildman–Crippen LogP) is 3.46. The molecule has 1 aromatic rings. The fourth-order valence-electron chi connectivity index (χ4n) is 3.90. The topological polar surface area (TPSA) is 23.5 Å². The van der Waals surface area contributed by atoms with Crippen LogP contribution in [0.25, 0.3) is 0 Å². The lowest BCUT2D eigenvalue weighted by Crippen LogP contribution is -2.47. The summed E-state index contributed by atoms with van der Waals surface area (Å²) in [6, 6.07) is 4.79. The number of piperidine rings is 1. The molecule has 2 fully saturated rings. The Morgan fingerprint density at radius 1 is 1.19 bits per heavy atom. The number of aryl methyl sites for hydroxylation is 1. The lowest BCUT2D eigenvalue weighted by Gasteiger charge is -2.42. The second-order valence-corrected chi connectivity index (χ2v) is 6.52. The minimum absolute atomic E-state index is 0.200. The number of halogens is 3. The minimum atomic E-state index is -4.37. The van der Waals surface area contributed by atoms with E-state index in [2.05, 4.69) is 4.90 Å². The number of nitrogens with zero attached hydrogens (tertiary/aromatic N) is 1. The largest absolute Gasteiger partial charge is 0.416 e. The summed E-state index contributed by atoms with van der Waals surface area (Å²) in [5.74, 6) is 0. The highest BCUT2D eigenvalue weighted by molar-refractivity contribution is 5.36. The molecule has 2 aliphatic rings. The maximum atomic E-state index is 13.1. The first-order chi connectivity index (χ1) is 9.71. The van der Waals surface area contributed by atoms with Gasteiger partial charge in [-0.3, -0.25) is 0 Å². The average Bonchev–Trinajstić information content (AvgIpc) is 2.61. The smallest absolute Gasteiger partial charge is 0.385 e. The Balaban J connectivity index is 1.97. The molecule has 2 unspecified atom stereocenters. The van der Waals surface area contributed by atoms with Crippen molar-refractivity contribution in [1.82, 2.24) is 4.90 Å². The first-order valence-electron chi connectivity index (χ1n) is 7.33. The highest BCUT2D eigenvalue weighted by Crippen LogP contribution is 2.46. The molecule has 2 bridgehead atoms. The molecule has 2 atom stereocenters. The van der Waals surface area contributed by atoms with Crippen molar-refractivity contribution in [3.8, 4) is 0 Å². The molecular formula is C16H20F3NO. The number of alkyl halides is 3. The van der Waals surface area contributed by atoms with Gasteiger partial charge in [0.1, 0.15) is 0 Å². The molecule has 0 radical (unpaired) electrons. The lowest BCUT2D eigenvalue weighted by atomic mass is 9.80. The Kier molecular flexibility index (Phi) is 3.33. The number of aliphatic hydroxyl groups is 1. The lowest BCUT2D eigenvalue weighted by molar-refractivity contribution is -0.138. The van der Waals surface area contributed by atoms with Gasteiger partial charge in [0.2, 0.25) is 0 Å². The summed E-state index contributed by atoms with van der Waals surface area (Å²) in [6.07, 6.45) is -1.31. The van der Waals surface area contributed by atoms with Crippen LogP contribution < -0.4 is 0 Å². The molecule has 0 amide bonds. The van der Waals surface area contributed by atoms with E-state index in [9.17, 15) is 18.3 Å². The molecule has 1 N–H and O–H groups in total. The monoisotopic (exact) mass is 299 g/mol. The van der Waals surface area contributed by atoms with Crippen LogP contribution in [-0.4, -0.2) is 29.1 Å². The van der Waals surface area contributed by atoms with Crippen molar-refractivity contribution in [2.75, 3.05) is 7.05 Å². The van der Waals surface area contributed by atoms with Gasteiger partial charge in [-0.25, -0.2) is 0 Å². The third-order valence-electron chi connectivity index (χ3n) is 5.21. The van der Waals surface area contributed by atoms with E-state index in [1.54, 1.807) is 6.07 Å². The zero-order valence-corrected chi connectivity index (χ0v) is 12.2. The average molecular weight is 299 g/mol. The van der Waals surface area contributed by atoms with Crippen LogP contribution in [-0.2, 0) is 11.8 Å². The molecule has 0 aliphatic carbocycles.